The quantitative estimate of drug-likeness (QED) is 0.400. The van der Waals surface area contributed by atoms with Crippen LogP contribution in [0.1, 0.15) is 29.1 Å². The van der Waals surface area contributed by atoms with Gasteiger partial charge in [-0.05, 0) is 36.8 Å². The molecule has 0 saturated heterocycles. The summed E-state index contributed by atoms with van der Waals surface area (Å²) in [6.45, 7) is 3.56. The van der Waals surface area contributed by atoms with Crippen LogP contribution < -0.4 is 5.32 Å². The molecular formula is C18H17N3O2S2. The molecule has 0 aliphatic rings. The van der Waals surface area contributed by atoms with Gasteiger partial charge < -0.3 is 5.32 Å². The number of aromatic nitrogens is 2. The summed E-state index contributed by atoms with van der Waals surface area (Å²) < 4.78 is 0. The molecule has 1 aromatic carbocycles. The summed E-state index contributed by atoms with van der Waals surface area (Å²) in [5.74, 6) is 0.199. The molecule has 0 aliphatic carbocycles. The van der Waals surface area contributed by atoms with Crippen LogP contribution in [0, 0.1) is 0 Å². The zero-order chi connectivity index (χ0) is 17.8. The highest BCUT2D eigenvalue weighted by atomic mass is 32.2. The molecule has 3 aromatic rings. The van der Waals surface area contributed by atoms with Gasteiger partial charge in [-0.3, -0.25) is 9.59 Å². The molecule has 0 aliphatic heterocycles. The molecule has 0 spiro atoms. The number of amides is 1. The summed E-state index contributed by atoms with van der Waals surface area (Å²) in [4.78, 5) is 34.3. The Morgan fingerprint density at radius 2 is 1.96 bits per heavy atom. The third-order valence-corrected chi connectivity index (χ3v) is 5.75. The number of thioether (sulfide) groups is 1. The molecule has 0 atom stereocenters. The normalized spacial score (nSPS) is 10.8. The van der Waals surface area contributed by atoms with Crippen LogP contribution in [0.5, 0.6) is 0 Å². The highest BCUT2D eigenvalue weighted by Gasteiger charge is 2.12. The summed E-state index contributed by atoms with van der Waals surface area (Å²) in [5.41, 5.74) is 1.30. The molecule has 7 heteroatoms. The Kier molecular flexibility index (Phi) is 5.45. The second-order valence-electron chi connectivity index (χ2n) is 5.43. The van der Waals surface area contributed by atoms with Crippen LogP contribution in [0.3, 0.4) is 0 Å². The fourth-order valence-electron chi connectivity index (χ4n) is 2.33. The molecule has 2 heterocycles. The van der Waals surface area contributed by atoms with Crippen LogP contribution in [-0.2, 0) is 11.2 Å². The number of fused-ring (bicyclic) bond motifs is 1. The minimum atomic E-state index is -0.135. The predicted octanol–water partition coefficient (Wildman–Crippen LogP) is 4.19. The van der Waals surface area contributed by atoms with E-state index in [1.165, 1.54) is 23.6 Å². The molecule has 2 aromatic heterocycles. The number of nitrogens with zero attached hydrogens (tertiary/aromatic N) is 2. The maximum absolute atomic E-state index is 12.4. The fourth-order valence-corrected chi connectivity index (χ4v) is 4.20. The van der Waals surface area contributed by atoms with E-state index in [2.05, 4.69) is 28.3 Å². The zero-order valence-corrected chi connectivity index (χ0v) is 15.5. The molecule has 3 rings (SSSR count). The Morgan fingerprint density at radius 1 is 1.20 bits per heavy atom. The predicted molar refractivity (Wildman–Crippen MR) is 103 cm³/mol. The average molecular weight is 371 g/mol. The Labute approximate surface area is 153 Å². The van der Waals surface area contributed by atoms with Gasteiger partial charge in [-0.15, -0.1) is 11.3 Å². The Morgan fingerprint density at radius 3 is 2.64 bits per heavy atom. The van der Waals surface area contributed by atoms with Crippen LogP contribution in [0.25, 0.3) is 10.2 Å². The van der Waals surface area contributed by atoms with Crippen molar-refractivity contribution in [3.8, 4) is 0 Å². The van der Waals surface area contributed by atoms with E-state index in [-0.39, 0.29) is 11.7 Å². The standard InChI is InChI=1S/C18H17N3O2S2/c1-3-14-8-15-17(19-10-20-18(15)25-14)24-9-16(23)12-4-6-13(7-5-12)21-11(2)22/h4-8,10H,3,9H2,1-2H3,(H,21,22). The second kappa shape index (κ2) is 7.76. The van der Waals surface area contributed by atoms with Gasteiger partial charge in [0.15, 0.2) is 5.78 Å². The number of benzene rings is 1. The van der Waals surface area contributed by atoms with E-state index in [0.29, 0.717) is 17.0 Å². The average Bonchev–Trinajstić information content (AvgIpc) is 3.03. The lowest BCUT2D eigenvalue weighted by Gasteiger charge is -2.04. The third kappa shape index (κ3) is 4.24. The Bertz CT molecular complexity index is 920. The summed E-state index contributed by atoms with van der Waals surface area (Å²) in [5, 5.41) is 4.54. The highest BCUT2D eigenvalue weighted by molar-refractivity contribution is 8.00. The van der Waals surface area contributed by atoms with Gasteiger partial charge in [0.2, 0.25) is 5.91 Å². The lowest BCUT2D eigenvalue weighted by atomic mass is 10.1. The van der Waals surface area contributed by atoms with E-state index in [0.717, 1.165) is 21.7 Å². The molecule has 0 fully saturated rings. The van der Waals surface area contributed by atoms with Gasteiger partial charge in [-0.2, -0.15) is 0 Å². The van der Waals surface area contributed by atoms with Gasteiger partial charge in [-0.25, -0.2) is 9.97 Å². The van der Waals surface area contributed by atoms with Crippen LogP contribution in [0.15, 0.2) is 41.7 Å². The van der Waals surface area contributed by atoms with E-state index in [1.807, 2.05) is 0 Å². The van der Waals surface area contributed by atoms with E-state index in [1.54, 1.807) is 41.9 Å². The Balaban J connectivity index is 1.70. The number of ketones is 1. The molecule has 1 amide bonds. The summed E-state index contributed by atoms with van der Waals surface area (Å²) in [6.07, 6.45) is 2.51. The third-order valence-electron chi connectivity index (χ3n) is 3.56. The lowest BCUT2D eigenvalue weighted by molar-refractivity contribution is -0.114. The SMILES string of the molecule is CCc1cc2c(SCC(=O)c3ccc(NC(C)=O)cc3)ncnc2s1. The topological polar surface area (TPSA) is 72.0 Å². The van der Waals surface area contributed by atoms with Gasteiger partial charge in [0.05, 0.1) is 5.75 Å². The monoisotopic (exact) mass is 371 g/mol. The summed E-state index contributed by atoms with van der Waals surface area (Å²) >= 11 is 3.09. The Hall–Kier alpha value is -2.25. The van der Waals surface area contributed by atoms with Gasteiger partial charge in [0.1, 0.15) is 16.2 Å². The molecular weight excluding hydrogens is 354 g/mol. The van der Waals surface area contributed by atoms with Crippen molar-refractivity contribution in [1.29, 1.82) is 0 Å². The van der Waals surface area contributed by atoms with Gasteiger partial charge >= 0.3 is 0 Å². The first-order valence-corrected chi connectivity index (χ1v) is 9.64. The molecule has 0 bridgehead atoms. The van der Waals surface area contributed by atoms with Crippen molar-refractivity contribution in [1.82, 2.24) is 9.97 Å². The van der Waals surface area contributed by atoms with Crippen molar-refractivity contribution in [2.24, 2.45) is 0 Å². The molecule has 0 saturated carbocycles. The maximum Gasteiger partial charge on any atom is 0.221 e. The van der Waals surface area contributed by atoms with E-state index >= 15 is 0 Å². The van der Waals surface area contributed by atoms with Crippen LogP contribution >= 0.6 is 23.1 Å². The highest BCUT2D eigenvalue weighted by Crippen LogP contribution is 2.31. The zero-order valence-electron chi connectivity index (χ0n) is 13.9. The number of rotatable bonds is 6. The van der Waals surface area contributed by atoms with E-state index < -0.39 is 0 Å². The van der Waals surface area contributed by atoms with E-state index in [9.17, 15) is 9.59 Å². The first-order chi connectivity index (χ1) is 12.1. The maximum atomic E-state index is 12.4. The van der Waals surface area contributed by atoms with Crippen molar-refractivity contribution in [2.45, 2.75) is 25.3 Å². The molecule has 0 unspecified atom stereocenters. The first kappa shape index (κ1) is 17.6. The van der Waals surface area contributed by atoms with Gasteiger partial charge in [0.25, 0.3) is 0 Å². The van der Waals surface area contributed by atoms with Crippen molar-refractivity contribution >= 4 is 50.7 Å². The van der Waals surface area contributed by atoms with Crippen molar-refractivity contribution in [3.63, 3.8) is 0 Å². The number of thiophene rings is 1. The second-order valence-corrected chi connectivity index (χ2v) is 7.51. The van der Waals surface area contributed by atoms with Crippen LogP contribution in [-0.4, -0.2) is 27.4 Å². The number of nitrogens with one attached hydrogen (secondary N) is 1. The molecule has 1 N–H and O–H groups in total. The number of anilines is 1. The van der Waals surface area contributed by atoms with Crippen LogP contribution in [0.4, 0.5) is 5.69 Å². The minimum absolute atomic E-state index is 0.0251. The summed E-state index contributed by atoms with van der Waals surface area (Å²) in [7, 11) is 0. The largest absolute Gasteiger partial charge is 0.326 e. The van der Waals surface area contributed by atoms with Crippen LogP contribution in [0.2, 0.25) is 0 Å². The van der Waals surface area contributed by atoms with Crippen molar-refractivity contribution in [2.75, 3.05) is 11.1 Å². The minimum Gasteiger partial charge on any atom is -0.326 e. The summed E-state index contributed by atoms with van der Waals surface area (Å²) in [6, 6.07) is 9.02. The number of carbonyl (C=O) groups excluding carboxylic acids is 2. The number of Topliss-reactive ketones (excluding diaryl/α,β-unsaturated/α-hetero) is 1. The first-order valence-electron chi connectivity index (χ1n) is 7.84. The number of hydrogen-bond acceptors (Lipinski definition) is 6. The number of aryl methyl sites for hydroxylation is 1. The molecule has 0 radical (unpaired) electrons. The molecule has 25 heavy (non-hydrogen) atoms. The van der Waals surface area contributed by atoms with Crippen molar-refractivity contribution in [3.05, 3.63) is 47.1 Å². The van der Waals surface area contributed by atoms with Gasteiger partial charge in [0, 0.05) is 28.4 Å². The smallest absolute Gasteiger partial charge is 0.221 e. The van der Waals surface area contributed by atoms with Gasteiger partial charge in [-0.1, -0.05) is 18.7 Å². The number of hydrogen-bond donors (Lipinski definition) is 1. The van der Waals surface area contributed by atoms with E-state index in [4.69, 9.17) is 0 Å². The van der Waals surface area contributed by atoms with Crippen molar-refractivity contribution < 1.29 is 9.59 Å². The number of carbonyl (C=O) groups is 2. The molecule has 5 nitrogen and oxygen atoms in total. The molecule has 128 valence electrons. The lowest BCUT2D eigenvalue weighted by Crippen LogP contribution is -2.07. The fraction of sp³-hybridized carbons (Fsp3) is 0.222.